The molecule has 0 spiro atoms. The number of carboxylic acid groups (broad SMARTS) is 1. The molecule has 1 heterocycles. The Morgan fingerprint density at radius 2 is 1.50 bits per heavy atom. The number of carbonyl (C=O) groups is 1. The van der Waals surface area contributed by atoms with Crippen LogP contribution in [0.2, 0.25) is 0 Å². The minimum Gasteiger partial charge on any atom is -0.481 e. The third-order valence-corrected chi connectivity index (χ3v) is 8.50. The molecule has 0 unspecified atom stereocenters. The second kappa shape index (κ2) is 11.3. The van der Waals surface area contributed by atoms with E-state index < -0.39 is 34.5 Å². The summed E-state index contributed by atoms with van der Waals surface area (Å²) in [5.74, 6) is -2.27. The summed E-state index contributed by atoms with van der Waals surface area (Å²) in [4.78, 5) is 11.2. The van der Waals surface area contributed by atoms with Gasteiger partial charge >= 0.3 is 12.1 Å². The van der Waals surface area contributed by atoms with Crippen molar-refractivity contribution in [2.75, 3.05) is 0 Å². The molecule has 0 amide bonds. The fourth-order valence-corrected chi connectivity index (χ4v) is 6.57. The number of aliphatic carboxylic acids is 1. The van der Waals surface area contributed by atoms with E-state index in [-0.39, 0.29) is 23.6 Å². The highest BCUT2D eigenvalue weighted by Crippen LogP contribution is 2.33. The highest BCUT2D eigenvalue weighted by molar-refractivity contribution is 7.89. The van der Waals surface area contributed by atoms with Gasteiger partial charge in [-0.15, -0.1) is 0 Å². The first-order chi connectivity index (χ1) is 18.7. The van der Waals surface area contributed by atoms with Crippen LogP contribution in [0.3, 0.4) is 0 Å². The largest absolute Gasteiger partial charge is 0.481 e. The average Bonchev–Trinajstić information content (AvgIpc) is 3.32. The van der Waals surface area contributed by atoms with E-state index in [0.29, 0.717) is 22.3 Å². The lowest BCUT2D eigenvalue weighted by Crippen LogP contribution is -2.31. The fraction of sp³-hybridized carbons (Fsp3) is 0.233. The number of alkyl halides is 3. The van der Waals surface area contributed by atoms with E-state index in [1.54, 1.807) is 68.4 Å². The molecule has 6 nitrogen and oxygen atoms in total. The fourth-order valence-electron chi connectivity index (χ4n) is 4.76. The van der Waals surface area contributed by atoms with E-state index in [0.717, 1.165) is 33.1 Å². The number of hydrogen-bond acceptors (Lipinski definition) is 4. The van der Waals surface area contributed by atoms with Gasteiger partial charge in [0, 0.05) is 6.54 Å². The van der Waals surface area contributed by atoms with Gasteiger partial charge in [-0.3, -0.25) is 4.79 Å². The molecule has 0 atom stereocenters. The summed E-state index contributed by atoms with van der Waals surface area (Å²) in [6.45, 7) is 4.72. The molecular formula is C30H28F3NO5S. The highest BCUT2D eigenvalue weighted by Gasteiger charge is 2.36. The Hall–Kier alpha value is -3.89. The van der Waals surface area contributed by atoms with E-state index in [9.17, 15) is 26.4 Å². The van der Waals surface area contributed by atoms with Crippen molar-refractivity contribution in [1.29, 1.82) is 0 Å². The minimum atomic E-state index is -4.69. The minimum absolute atomic E-state index is 0.104. The van der Waals surface area contributed by atoms with Crippen LogP contribution < -0.4 is 0 Å². The third-order valence-electron chi connectivity index (χ3n) is 6.40. The molecule has 0 fully saturated rings. The van der Waals surface area contributed by atoms with E-state index in [1.807, 2.05) is 13.0 Å². The van der Waals surface area contributed by atoms with Crippen LogP contribution >= 0.6 is 0 Å². The first kappa shape index (κ1) is 29.1. The number of benzene rings is 3. The molecule has 0 aliphatic heterocycles. The smallest absolute Gasteiger partial charge is 0.449 e. The molecule has 1 aromatic heterocycles. The summed E-state index contributed by atoms with van der Waals surface area (Å²) >= 11 is 0. The Morgan fingerprint density at radius 3 is 2.08 bits per heavy atom. The average molecular weight is 572 g/mol. The predicted molar refractivity (Wildman–Crippen MR) is 144 cm³/mol. The van der Waals surface area contributed by atoms with E-state index in [4.69, 9.17) is 9.52 Å². The number of sulfonamides is 1. The van der Waals surface area contributed by atoms with Crippen molar-refractivity contribution in [3.63, 3.8) is 0 Å². The maximum absolute atomic E-state index is 13.9. The SMILES string of the molecule is Cc1cc(C)c(S(=O)(=O)N(Cc2ccc(-c3cccc(CC(=O)O)c3)cc2)Cc2ccc(C(F)(F)F)o2)c(C)c1. The van der Waals surface area contributed by atoms with E-state index >= 15 is 0 Å². The summed E-state index contributed by atoms with van der Waals surface area (Å²) < 4.78 is 73.3. The second-order valence-electron chi connectivity index (χ2n) is 9.73. The van der Waals surface area contributed by atoms with Crippen LogP contribution in [0, 0.1) is 20.8 Å². The summed E-state index contributed by atoms with van der Waals surface area (Å²) in [6, 6.07) is 19.6. The van der Waals surface area contributed by atoms with Gasteiger partial charge in [-0.25, -0.2) is 8.42 Å². The standard InChI is InChI=1S/C30H28F3NO5S/c1-19-13-20(2)29(21(3)14-19)40(37,38)34(18-26-11-12-27(39-26)30(31,32)33)17-22-7-9-24(10-8-22)25-6-4-5-23(15-25)16-28(35)36/h4-15H,16-18H2,1-3H3,(H,35,36). The zero-order chi connectivity index (χ0) is 29.2. The summed E-state index contributed by atoms with van der Waals surface area (Å²) in [6.07, 6.45) is -4.80. The summed E-state index contributed by atoms with van der Waals surface area (Å²) in [5, 5.41) is 9.08. The second-order valence-corrected chi connectivity index (χ2v) is 11.6. The number of nitrogens with zero attached hydrogens (tertiary/aromatic N) is 1. The topological polar surface area (TPSA) is 87.8 Å². The molecule has 3 aromatic carbocycles. The van der Waals surface area contributed by atoms with Crippen LogP contribution in [0.5, 0.6) is 0 Å². The molecule has 0 saturated carbocycles. The molecular weight excluding hydrogens is 543 g/mol. The van der Waals surface area contributed by atoms with Gasteiger partial charge in [-0.2, -0.15) is 17.5 Å². The number of halogens is 3. The molecule has 0 aliphatic carbocycles. The van der Waals surface area contributed by atoms with Crippen molar-refractivity contribution >= 4 is 16.0 Å². The van der Waals surface area contributed by atoms with E-state index in [1.165, 1.54) is 0 Å². The highest BCUT2D eigenvalue weighted by atomic mass is 32.2. The lowest BCUT2D eigenvalue weighted by molar-refractivity contribution is -0.153. The van der Waals surface area contributed by atoms with Gasteiger partial charge in [0.25, 0.3) is 0 Å². The van der Waals surface area contributed by atoms with Gasteiger partial charge in [-0.1, -0.05) is 66.2 Å². The number of hydrogen-bond donors (Lipinski definition) is 1. The van der Waals surface area contributed by atoms with Gasteiger partial charge in [0.05, 0.1) is 17.9 Å². The maximum atomic E-state index is 13.9. The molecule has 4 aromatic rings. The first-order valence-electron chi connectivity index (χ1n) is 12.4. The predicted octanol–water partition coefficient (Wildman–Crippen LogP) is 6.91. The summed E-state index contributed by atoms with van der Waals surface area (Å²) in [7, 11) is -4.14. The Labute approximate surface area is 230 Å². The maximum Gasteiger partial charge on any atom is 0.449 e. The molecule has 0 aliphatic rings. The Balaban J connectivity index is 1.68. The number of carboxylic acids is 1. The van der Waals surface area contributed by atoms with Crippen LogP contribution in [0.4, 0.5) is 13.2 Å². The van der Waals surface area contributed by atoms with Gasteiger partial charge in [0.2, 0.25) is 15.8 Å². The monoisotopic (exact) mass is 571 g/mol. The van der Waals surface area contributed by atoms with Crippen molar-refractivity contribution in [3.8, 4) is 11.1 Å². The van der Waals surface area contributed by atoms with E-state index in [2.05, 4.69) is 0 Å². The van der Waals surface area contributed by atoms with Gasteiger partial charge in [0.15, 0.2) is 0 Å². The normalized spacial score (nSPS) is 12.2. The van der Waals surface area contributed by atoms with Gasteiger partial charge in [0.1, 0.15) is 5.76 Å². The zero-order valence-corrected chi connectivity index (χ0v) is 22.9. The third kappa shape index (κ3) is 6.63. The Kier molecular flexibility index (Phi) is 8.23. The summed E-state index contributed by atoms with van der Waals surface area (Å²) in [5.41, 5.74) is 4.83. The molecule has 4 rings (SSSR count). The van der Waals surface area contributed by atoms with Crippen LogP contribution in [0.15, 0.2) is 82.1 Å². The van der Waals surface area contributed by atoms with Gasteiger partial charge in [-0.05, 0) is 66.3 Å². The van der Waals surface area contributed by atoms with Crippen molar-refractivity contribution in [3.05, 3.63) is 112 Å². The molecule has 0 radical (unpaired) electrons. The lowest BCUT2D eigenvalue weighted by Gasteiger charge is -2.24. The van der Waals surface area contributed by atoms with Crippen molar-refractivity contribution in [2.45, 2.75) is 51.4 Å². The molecule has 210 valence electrons. The molecule has 40 heavy (non-hydrogen) atoms. The Bertz CT molecular complexity index is 1620. The quantitative estimate of drug-likeness (QED) is 0.236. The lowest BCUT2D eigenvalue weighted by atomic mass is 10.0. The van der Waals surface area contributed by atoms with Crippen LogP contribution in [0.25, 0.3) is 11.1 Å². The molecule has 0 bridgehead atoms. The van der Waals surface area contributed by atoms with Crippen LogP contribution in [-0.4, -0.2) is 23.8 Å². The molecule has 1 N–H and O–H groups in total. The van der Waals surface area contributed by atoms with Gasteiger partial charge < -0.3 is 9.52 Å². The van der Waals surface area contributed by atoms with Crippen molar-refractivity contribution in [2.24, 2.45) is 0 Å². The van der Waals surface area contributed by atoms with Crippen molar-refractivity contribution < 1.29 is 35.9 Å². The van der Waals surface area contributed by atoms with Crippen molar-refractivity contribution in [1.82, 2.24) is 4.31 Å². The number of furan rings is 1. The number of aryl methyl sites for hydroxylation is 3. The number of rotatable bonds is 9. The zero-order valence-electron chi connectivity index (χ0n) is 22.1. The molecule has 0 saturated heterocycles. The first-order valence-corrected chi connectivity index (χ1v) is 13.8. The Morgan fingerprint density at radius 1 is 0.850 bits per heavy atom. The van der Waals surface area contributed by atoms with Crippen LogP contribution in [-0.2, 0) is 40.5 Å². The van der Waals surface area contributed by atoms with Crippen LogP contribution in [0.1, 0.15) is 39.3 Å². The molecule has 10 heteroatoms.